The van der Waals surface area contributed by atoms with E-state index in [0.717, 1.165) is 0 Å². The van der Waals surface area contributed by atoms with Gasteiger partial charge in [-0.25, -0.2) is 9.37 Å². The largest absolute Gasteiger partial charge is 0.478 e. The van der Waals surface area contributed by atoms with Gasteiger partial charge in [0.1, 0.15) is 11.9 Å². The Morgan fingerprint density at radius 1 is 1.26 bits per heavy atom. The second-order valence-electron chi connectivity index (χ2n) is 6.57. The highest BCUT2D eigenvalue weighted by Crippen LogP contribution is 2.30. The van der Waals surface area contributed by atoms with Gasteiger partial charge in [-0.05, 0) is 7.05 Å². The number of rotatable bonds is 5. The molecule has 0 aromatic carbocycles. The summed E-state index contributed by atoms with van der Waals surface area (Å²) in [6.45, 7) is 0.737. The fourth-order valence-corrected chi connectivity index (χ4v) is 3.26. The van der Waals surface area contributed by atoms with Crippen LogP contribution in [0.1, 0.15) is 0 Å². The second-order valence-corrected chi connectivity index (χ2v) is 6.57. The lowest BCUT2D eigenvalue weighted by atomic mass is 10.2. The highest BCUT2D eigenvalue weighted by Gasteiger charge is 2.33. The lowest BCUT2D eigenvalue weighted by Crippen LogP contribution is -2.34. The maximum Gasteiger partial charge on any atom is 0.256 e. The molecule has 0 saturated carbocycles. The lowest BCUT2D eigenvalue weighted by molar-refractivity contribution is 0.309. The predicted octanol–water partition coefficient (Wildman–Crippen LogP) is 0.595. The SMILES string of the molecule is CN[C@@H]1CN(c2nc(Nc3cn(C)nc3OC)c3ncn(C)c3n2)C[C@H]1F. The van der Waals surface area contributed by atoms with Crippen LogP contribution in [0.25, 0.3) is 11.2 Å². The predicted molar refractivity (Wildman–Crippen MR) is 99.3 cm³/mol. The Hall–Kier alpha value is -2.95. The first kappa shape index (κ1) is 17.5. The number of methoxy groups -OCH3 is 1. The molecule has 4 heterocycles. The van der Waals surface area contributed by atoms with Crippen LogP contribution in [0.5, 0.6) is 5.88 Å². The first-order valence-corrected chi connectivity index (χ1v) is 8.60. The van der Waals surface area contributed by atoms with Crippen molar-refractivity contribution in [2.24, 2.45) is 14.1 Å². The van der Waals surface area contributed by atoms with E-state index in [0.29, 0.717) is 41.0 Å². The van der Waals surface area contributed by atoms with Crippen molar-refractivity contribution in [2.45, 2.75) is 12.2 Å². The third-order valence-corrected chi connectivity index (χ3v) is 4.69. The molecule has 0 amide bonds. The van der Waals surface area contributed by atoms with Crippen molar-refractivity contribution in [1.29, 1.82) is 0 Å². The van der Waals surface area contributed by atoms with E-state index in [1.807, 2.05) is 16.5 Å². The first-order valence-electron chi connectivity index (χ1n) is 8.60. The Morgan fingerprint density at radius 3 is 2.78 bits per heavy atom. The number of hydrogen-bond donors (Lipinski definition) is 2. The molecule has 11 heteroatoms. The van der Waals surface area contributed by atoms with Crippen LogP contribution in [0.3, 0.4) is 0 Å². The summed E-state index contributed by atoms with van der Waals surface area (Å²) in [4.78, 5) is 15.4. The lowest BCUT2D eigenvalue weighted by Gasteiger charge is -2.17. The van der Waals surface area contributed by atoms with Gasteiger partial charge >= 0.3 is 0 Å². The van der Waals surface area contributed by atoms with Crippen LogP contribution in [0.4, 0.5) is 21.8 Å². The van der Waals surface area contributed by atoms with Crippen LogP contribution in [-0.2, 0) is 14.1 Å². The average molecular weight is 375 g/mol. The third-order valence-electron chi connectivity index (χ3n) is 4.69. The highest BCUT2D eigenvalue weighted by molar-refractivity contribution is 5.87. The van der Waals surface area contributed by atoms with Gasteiger partial charge in [0, 0.05) is 20.6 Å². The normalized spacial score (nSPS) is 19.8. The molecule has 0 spiro atoms. The van der Waals surface area contributed by atoms with Crippen molar-refractivity contribution in [2.75, 3.05) is 37.5 Å². The number of alkyl halides is 1. The summed E-state index contributed by atoms with van der Waals surface area (Å²) in [6, 6.07) is -0.245. The quantitative estimate of drug-likeness (QED) is 0.669. The van der Waals surface area contributed by atoms with Crippen LogP contribution >= 0.6 is 0 Å². The zero-order valence-electron chi connectivity index (χ0n) is 15.6. The fraction of sp³-hybridized carbons (Fsp3) is 0.500. The van der Waals surface area contributed by atoms with Crippen LogP contribution in [-0.4, -0.2) is 68.8 Å². The van der Waals surface area contributed by atoms with Crippen molar-refractivity contribution in [3.05, 3.63) is 12.5 Å². The summed E-state index contributed by atoms with van der Waals surface area (Å²) < 4.78 is 22.9. The molecule has 2 atom stereocenters. The number of likely N-dealkylation sites (N-methyl/N-ethyl adjacent to an activating group) is 1. The van der Waals surface area contributed by atoms with Crippen LogP contribution in [0.2, 0.25) is 0 Å². The molecule has 10 nitrogen and oxygen atoms in total. The number of imidazole rings is 1. The van der Waals surface area contributed by atoms with E-state index in [4.69, 9.17) is 4.74 Å². The van der Waals surface area contributed by atoms with Gasteiger partial charge in [0.05, 0.1) is 32.2 Å². The van der Waals surface area contributed by atoms with Crippen molar-refractivity contribution in [1.82, 2.24) is 34.6 Å². The van der Waals surface area contributed by atoms with Crippen LogP contribution in [0.15, 0.2) is 12.5 Å². The number of ether oxygens (including phenoxy) is 1. The molecule has 1 fully saturated rings. The molecule has 1 aliphatic rings. The summed E-state index contributed by atoms with van der Waals surface area (Å²) in [7, 11) is 6.98. The molecule has 1 saturated heterocycles. The molecule has 144 valence electrons. The summed E-state index contributed by atoms with van der Waals surface area (Å²) in [5.41, 5.74) is 1.94. The molecule has 0 unspecified atom stereocenters. The number of nitrogens with one attached hydrogen (secondary N) is 2. The van der Waals surface area contributed by atoms with Gasteiger partial charge in [0.2, 0.25) is 5.95 Å². The van der Waals surface area contributed by atoms with E-state index < -0.39 is 6.17 Å². The number of aromatic nitrogens is 6. The average Bonchev–Trinajstić information content (AvgIpc) is 3.32. The number of hydrogen-bond acceptors (Lipinski definition) is 8. The smallest absolute Gasteiger partial charge is 0.256 e. The van der Waals surface area contributed by atoms with Crippen molar-refractivity contribution in [3.63, 3.8) is 0 Å². The number of nitrogens with zero attached hydrogens (tertiary/aromatic N) is 7. The van der Waals surface area contributed by atoms with Gasteiger partial charge < -0.3 is 24.8 Å². The Kier molecular flexibility index (Phi) is 4.30. The van der Waals surface area contributed by atoms with Gasteiger partial charge in [-0.2, -0.15) is 9.97 Å². The summed E-state index contributed by atoms with van der Waals surface area (Å²) in [5, 5.41) is 10.5. The van der Waals surface area contributed by atoms with Crippen molar-refractivity contribution < 1.29 is 9.13 Å². The van der Waals surface area contributed by atoms with Gasteiger partial charge in [-0.3, -0.25) is 4.68 Å². The van der Waals surface area contributed by atoms with Crippen LogP contribution < -0.4 is 20.3 Å². The molecule has 3 aromatic heterocycles. The Bertz CT molecular complexity index is 968. The van der Waals surface area contributed by atoms with E-state index >= 15 is 0 Å². The summed E-state index contributed by atoms with van der Waals surface area (Å²) in [5.74, 6) is 1.42. The maximum absolute atomic E-state index is 14.2. The zero-order chi connectivity index (χ0) is 19.1. The van der Waals surface area contributed by atoms with Gasteiger partial charge in [-0.15, -0.1) is 5.10 Å². The van der Waals surface area contributed by atoms with Gasteiger partial charge in [0.15, 0.2) is 17.0 Å². The molecule has 0 bridgehead atoms. The topological polar surface area (TPSA) is 98.0 Å². The monoisotopic (exact) mass is 375 g/mol. The number of anilines is 3. The molecule has 3 aromatic rings. The zero-order valence-corrected chi connectivity index (χ0v) is 15.6. The van der Waals surface area contributed by atoms with E-state index in [1.54, 1.807) is 38.4 Å². The van der Waals surface area contributed by atoms with E-state index in [-0.39, 0.29) is 12.6 Å². The Balaban J connectivity index is 1.75. The van der Waals surface area contributed by atoms with Crippen molar-refractivity contribution in [3.8, 4) is 5.88 Å². The molecule has 0 radical (unpaired) electrons. The van der Waals surface area contributed by atoms with Gasteiger partial charge in [0.25, 0.3) is 5.88 Å². The first-order chi connectivity index (χ1) is 13.0. The minimum atomic E-state index is -0.976. The minimum Gasteiger partial charge on any atom is -0.478 e. The molecule has 1 aliphatic heterocycles. The van der Waals surface area contributed by atoms with Crippen LogP contribution in [0, 0.1) is 0 Å². The minimum absolute atomic E-state index is 0.241. The molecule has 27 heavy (non-hydrogen) atoms. The second kappa shape index (κ2) is 6.65. The maximum atomic E-state index is 14.2. The van der Waals surface area contributed by atoms with E-state index in [2.05, 4.69) is 30.7 Å². The van der Waals surface area contributed by atoms with E-state index in [1.165, 1.54) is 0 Å². The molecule has 4 rings (SSSR count). The standard InChI is InChI=1S/C16H22FN9O/c1-18-10-7-26(5-9(10)17)16-21-13(12-14(22-16)24(2)8-19-12)20-11-6-25(3)23-15(11)27-4/h6,8-10,18H,5,7H2,1-4H3,(H,20,21,22)/t9-,10-/m1/s1. The molecular formula is C16H22FN9O. The Morgan fingerprint density at radius 2 is 2.07 bits per heavy atom. The van der Waals surface area contributed by atoms with Gasteiger partial charge in [-0.1, -0.05) is 0 Å². The summed E-state index contributed by atoms with van der Waals surface area (Å²) in [6.07, 6.45) is 2.49. The van der Waals surface area contributed by atoms with E-state index in [9.17, 15) is 4.39 Å². The summed E-state index contributed by atoms with van der Waals surface area (Å²) >= 11 is 0. The molecule has 2 N–H and O–H groups in total. The fourth-order valence-electron chi connectivity index (χ4n) is 3.26. The molecule has 0 aliphatic carbocycles. The highest BCUT2D eigenvalue weighted by atomic mass is 19.1. The molecular weight excluding hydrogens is 353 g/mol. The Labute approximate surface area is 155 Å². The number of fused-ring (bicyclic) bond motifs is 1. The number of halogens is 1. The third kappa shape index (κ3) is 3.03. The van der Waals surface area contributed by atoms with Crippen molar-refractivity contribution >= 4 is 28.6 Å². The number of aryl methyl sites for hydroxylation is 2.